The molecule has 1 aromatic carbocycles. The lowest BCUT2D eigenvalue weighted by Crippen LogP contribution is -2.52. The van der Waals surface area contributed by atoms with Crippen molar-refractivity contribution in [2.24, 2.45) is 0 Å². The molecule has 2 nitrogen and oxygen atoms in total. The van der Waals surface area contributed by atoms with E-state index >= 15 is 4.39 Å². The van der Waals surface area contributed by atoms with E-state index in [-0.39, 0.29) is 6.04 Å². The van der Waals surface area contributed by atoms with Gasteiger partial charge in [-0.05, 0) is 43.5 Å². The summed E-state index contributed by atoms with van der Waals surface area (Å²) in [5, 5.41) is 6.56. The van der Waals surface area contributed by atoms with Gasteiger partial charge in [0.25, 0.3) is 0 Å². The fraction of sp³-hybridized carbons (Fsp3) is 0.571. The fourth-order valence-electron chi connectivity index (χ4n) is 3.10. The van der Waals surface area contributed by atoms with Crippen molar-refractivity contribution in [2.75, 3.05) is 19.6 Å². The van der Waals surface area contributed by atoms with Crippen LogP contribution < -0.4 is 10.6 Å². The summed E-state index contributed by atoms with van der Waals surface area (Å²) in [6.07, 6.45) is 2.60. The van der Waals surface area contributed by atoms with E-state index in [9.17, 15) is 0 Å². The molecule has 0 aliphatic carbocycles. The summed E-state index contributed by atoms with van der Waals surface area (Å²) in [7, 11) is 0. The third kappa shape index (κ3) is 1.98. The van der Waals surface area contributed by atoms with Crippen molar-refractivity contribution in [3.8, 4) is 0 Å². The number of fused-ring (bicyclic) bond motifs is 1. The van der Waals surface area contributed by atoms with Crippen molar-refractivity contribution >= 4 is 0 Å². The van der Waals surface area contributed by atoms with Gasteiger partial charge in [-0.2, -0.15) is 0 Å². The maximum Gasteiger partial charge on any atom is 0.142 e. The van der Waals surface area contributed by atoms with E-state index in [0.717, 1.165) is 31.5 Å². The molecular weight excluding hydrogens is 215 g/mol. The van der Waals surface area contributed by atoms with Gasteiger partial charge < -0.3 is 10.6 Å². The highest BCUT2D eigenvalue weighted by Crippen LogP contribution is 2.38. The van der Waals surface area contributed by atoms with Crippen LogP contribution in [0.25, 0.3) is 0 Å². The predicted molar refractivity (Wildman–Crippen MR) is 66.8 cm³/mol. The monoisotopic (exact) mass is 234 g/mol. The Morgan fingerprint density at radius 2 is 2.12 bits per heavy atom. The minimum Gasteiger partial charge on any atom is -0.313 e. The molecule has 2 aliphatic heterocycles. The second-order valence-corrected chi connectivity index (χ2v) is 5.15. The first-order valence-corrected chi connectivity index (χ1v) is 6.50. The lowest BCUT2D eigenvalue weighted by molar-refractivity contribution is 0.0698. The third-order valence-corrected chi connectivity index (χ3v) is 3.99. The van der Waals surface area contributed by atoms with Crippen molar-refractivity contribution in [1.82, 2.24) is 10.6 Å². The summed E-state index contributed by atoms with van der Waals surface area (Å²) in [5.74, 6) is 0. The zero-order valence-electron chi connectivity index (χ0n) is 10.0. The molecule has 0 aromatic heterocycles. The molecular formula is C14H19FN2. The number of rotatable bonds is 1. The quantitative estimate of drug-likeness (QED) is 0.776. The van der Waals surface area contributed by atoms with Gasteiger partial charge in [0.05, 0.1) is 6.04 Å². The van der Waals surface area contributed by atoms with Gasteiger partial charge in [0.2, 0.25) is 0 Å². The highest BCUT2D eigenvalue weighted by molar-refractivity contribution is 5.34. The van der Waals surface area contributed by atoms with Gasteiger partial charge in [-0.25, -0.2) is 4.39 Å². The Morgan fingerprint density at radius 1 is 1.24 bits per heavy atom. The Morgan fingerprint density at radius 3 is 2.94 bits per heavy atom. The molecule has 1 fully saturated rings. The van der Waals surface area contributed by atoms with E-state index in [1.807, 2.05) is 12.1 Å². The van der Waals surface area contributed by atoms with Gasteiger partial charge in [-0.3, -0.25) is 0 Å². The number of hydrogen-bond acceptors (Lipinski definition) is 2. The van der Waals surface area contributed by atoms with Crippen molar-refractivity contribution < 1.29 is 4.39 Å². The van der Waals surface area contributed by atoms with Gasteiger partial charge in [0, 0.05) is 6.54 Å². The number of hydrogen-bond donors (Lipinski definition) is 2. The van der Waals surface area contributed by atoms with Crippen molar-refractivity contribution in [1.29, 1.82) is 0 Å². The molecule has 1 aromatic rings. The van der Waals surface area contributed by atoms with E-state index in [4.69, 9.17) is 0 Å². The second-order valence-electron chi connectivity index (χ2n) is 5.15. The number of halogens is 1. The average molecular weight is 234 g/mol. The van der Waals surface area contributed by atoms with Crippen molar-refractivity contribution in [2.45, 2.75) is 31.0 Å². The van der Waals surface area contributed by atoms with E-state index in [1.165, 1.54) is 5.56 Å². The number of alkyl halides is 1. The molecule has 2 aliphatic rings. The molecule has 2 unspecified atom stereocenters. The van der Waals surface area contributed by atoms with Gasteiger partial charge in [-0.1, -0.05) is 24.3 Å². The standard InChI is InChI=1S/C14H19FN2/c15-14(7-3-8-16-10-14)13-12-5-2-1-4-11(12)6-9-17-13/h1-2,4-5,13,16-17H,3,6-10H2. The summed E-state index contributed by atoms with van der Waals surface area (Å²) < 4.78 is 15.0. The van der Waals surface area contributed by atoms with Crippen LogP contribution in [0.4, 0.5) is 4.39 Å². The molecule has 2 N–H and O–H groups in total. The Bertz CT molecular complexity index is 399. The Kier molecular flexibility index (Phi) is 2.89. The zero-order chi connectivity index (χ0) is 11.7. The van der Waals surface area contributed by atoms with Crippen LogP contribution in [0.5, 0.6) is 0 Å². The highest BCUT2D eigenvalue weighted by atomic mass is 19.1. The molecule has 0 spiro atoms. The first-order chi connectivity index (χ1) is 8.30. The lowest BCUT2D eigenvalue weighted by Gasteiger charge is -2.40. The van der Waals surface area contributed by atoms with Crippen molar-refractivity contribution in [3.63, 3.8) is 0 Å². The average Bonchev–Trinajstić information content (AvgIpc) is 2.39. The second kappa shape index (κ2) is 4.39. The molecule has 1 saturated heterocycles. The smallest absolute Gasteiger partial charge is 0.142 e. The highest BCUT2D eigenvalue weighted by Gasteiger charge is 2.42. The summed E-state index contributed by atoms with van der Waals surface area (Å²) in [5.41, 5.74) is 1.33. The van der Waals surface area contributed by atoms with Crippen LogP contribution in [0.2, 0.25) is 0 Å². The summed E-state index contributed by atoms with van der Waals surface area (Å²) >= 11 is 0. The SMILES string of the molecule is FC1(C2NCCc3ccccc32)CCCNC1. The molecule has 0 bridgehead atoms. The fourth-order valence-corrected chi connectivity index (χ4v) is 3.10. The molecule has 3 rings (SSSR count). The molecule has 92 valence electrons. The van der Waals surface area contributed by atoms with E-state index in [2.05, 4.69) is 22.8 Å². The van der Waals surface area contributed by atoms with Gasteiger partial charge >= 0.3 is 0 Å². The summed E-state index contributed by atoms with van der Waals surface area (Å²) in [4.78, 5) is 0. The number of nitrogens with one attached hydrogen (secondary N) is 2. The Balaban J connectivity index is 1.94. The van der Waals surface area contributed by atoms with E-state index in [1.54, 1.807) is 0 Å². The zero-order valence-corrected chi connectivity index (χ0v) is 10.0. The van der Waals surface area contributed by atoms with Gasteiger partial charge in [0.15, 0.2) is 0 Å². The van der Waals surface area contributed by atoms with E-state index in [0.29, 0.717) is 13.0 Å². The molecule has 2 heterocycles. The third-order valence-electron chi connectivity index (χ3n) is 3.99. The Labute approximate surface area is 102 Å². The number of piperidine rings is 1. The minimum absolute atomic E-state index is 0.139. The van der Waals surface area contributed by atoms with Crippen LogP contribution in [0, 0.1) is 0 Å². The Hall–Kier alpha value is -0.930. The number of benzene rings is 1. The summed E-state index contributed by atoms with van der Waals surface area (Å²) in [6, 6.07) is 8.12. The molecule has 17 heavy (non-hydrogen) atoms. The van der Waals surface area contributed by atoms with Crippen LogP contribution in [-0.2, 0) is 6.42 Å². The van der Waals surface area contributed by atoms with Crippen LogP contribution in [-0.4, -0.2) is 25.3 Å². The molecule has 0 radical (unpaired) electrons. The van der Waals surface area contributed by atoms with Crippen molar-refractivity contribution in [3.05, 3.63) is 35.4 Å². The van der Waals surface area contributed by atoms with Gasteiger partial charge in [-0.15, -0.1) is 0 Å². The first-order valence-electron chi connectivity index (χ1n) is 6.50. The maximum atomic E-state index is 15.0. The largest absolute Gasteiger partial charge is 0.313 e. The maximum absolute atomic E-state index is 15.0. The minimum atomic E-state index is -1.13. The molecule has 0 amide bonds. The predicted octanol–water partition coefficient (Wildman–Crippen LogP) is 1.97. The normalized spacial score (nSPS) is 33.1. The summed E-state index contributed by atoms with van der Waals surface area (Å²) in [6.45, 7) is 2.30. The molecule has 0 saturated carbocycles. The molecule has 2 atom stereocenters. The van der Waals surface area contributed by atoms with E-state index < -0.39 is 5.67 Å². The first kappa shape index (κ1) is 11.2. The molecule has 3 heteroatoms. The van der Waals surface area contributed by atoms with Crippen LogP contribution >= 0.6 is 0 Å². The lowest BCUT2D eigenvalue weighted by atomic mass is 9.80. The van der Waals surface area contributed by atoms with Crippen LogP contribution in [0.3, 0.4) is 0 Å². The van der Waals surface area contributed by atoms with Crippen LogP contribution in [0.1, 0.15) is 30.0 Å². The van der Waals surface area contributed by atoms with Crippen LogP contribution in [0.15, 0.2) is 24.3 Å². The van der Waals surface area contributed by atoms with Gasteiger partial charge in [0.1, 0.15) is 5.67 Å². The topological polar surface area (TPSA) is 24.1 Å².